The molecule has 0 aliphatic carbocycles. The summed E-state index contributed by atoms with van der Waals surface area (Å²) in [6.07, 6.45) is 3.55. The number of fused-ring (bicyclic) bond motifs is 1. The summed E-state index contributed by atoms with van der Waals surface area (Å²) in [6, 6.07) is 15.2. The molecule has 2 aromatic carbocycles. The van der Waals surface area contributed by atoms with E-state index in [9.17, 15) is 14.4 Å². The first-order chi connectivity index (χ1) is 17.9. The Hall–Kier alpha value is -4.93. The van der Waals surface area contributed by atoms with Crippen molar-refractivity contribution in [3.05, 3.63) is 89.6 Å². The van der Waals surface area contributed by atoms with Crippen LogP contribution in [0.1, 0.15) is 32.2 Å². The van der Waals surface area contributed by atoms with Crippen molar-refractivity contribution in [2.45, 2.75) is 12.5 Å². The average Bonchev–Trinajstić information content (AvgIpc) is 3.53. The van der Waals surface area contributed by atoms with Gasteiger partial charge in [0.15, 0.2) is 5.69 Å². The zero-order chi connectivity index (χ0) is 25.9. The van der Waals surface area contributed by atoms with Crippen molar-refractivity contribution in [1.29, 1.82) is 0 Å². The highest BCUT2D eigenvalue weighted by atomic mass is 16.5. The van der Waals surface area contributed by atoms with E-state index in [0.717, 1.165) is 5.56 Å². The number of hydrogen-bond donors (Lipinski definition) is 2. The van der Waals surface area contributed by atoms with E-state index in [1.807, 2.05) is 30.3 Å². The molecule has 0 fully saturated rings. The molecule has 2 aromatic heterocycles. The van der Waals surface area contributed by atoms with Gasteiger partial charge in [-0.15, -0.1) is 0 Å². The van der Waals surface area contributed by atoms with E-state index in [4.69, 9.17) is 9.26 Å². The van der Waals surface area contributed by atoms with Gasteiger partial charge in [0.1, 0.15) is 24.2 Å². The lowest BCUT2D eigenvalue weighted by molar-refractivity contribution is -0.120. The molecule has 0 spiro atoms. The average molecular weight is 501 g/mol. The van der Waals surface area contributed by atoms with E-state index in [-0.39, 0.29) is 24.1 Å². The number of carbonyl (C=O) groups excluding carboxylic acids is 3. The lowest BCUT2D eigenvalue weighted by Gasteiger charge is -2.20. The van der Waals surface area contributed by atoms with Crippen LogP contribution in [0, 0.1) is 0 Å². The Morgan fingerprint density at radius 1 is 1.08 bits per heavy atom. The monoisotopic (exact) mass is 500 g/mol. The molecule has 4 aromatic rings. The molecule has 1 aliphatic rings. The van der Waals surface area contributed by atoms with E-state index < -0.39 is 11.9 Å². The van der Waals surface area contributed by atoms with Crippen molar-refractivity contribution in [3.8, 4) is 5.75 Å². The Labute approximate surface area is 212 Å². The van der Waals surface area contributed by atoms with Gasteiger partial charge in [-0.1, -0.05) is 35.5 Å². The van der Waals surface area contributed by atoms with Gasteiger partial charge in [0.2, 0.25) is 0 Å². The molecule has 1 unspecified atom stereocenters. The van der Waals surface area contributed by atoms with Gasteiger partial charge in [-0.05, 0) is 23.8 Å². The van der Waals surface area contributed by atoms with Crippen LogP contribution >= 0.6 is 0 Å². The van der Waals surface area contributed by atoms with Crippen molar-refractivity contribution < 1.29 is 23.6 Å². The first-order valence-corrected chi connectivity index (χ1v) is 11.5. The third-order valence-corrected chi connectivity index (χ3v) is 5.90. The van der Waals surface area contributed by atoms with Gasteiger partial charge in [-0.3, -0.25) is 19.1 Å². The Bertz CT molecular complexity index is 1460. The molecule has 0 saturated heterocycles. The van der Waals surface area contributed by atoms with Crippen LogP contribution in [0.2, 0.25) is 0 Å². The predicted octanol–water partition coefficient (Wildman–Crippen LogP) is 2.40. The highest BCUT2D eigenvalue weighted by Crippen LogP contribution is 2.33. The third-order valence-electron chi connectivity index (χ3n) is 5.90. The summed E-state index contributed by atoms with van der Waals surface area (Å²) < 4.78 is 12.7. The molecule has 1 atom stereocenters. The van der Waals surface area contributed by atoms with Gasteiger partial charge in [0, 0.05) is 38.5 Å². The molecule has 37 heavy (non-hydrogen) atoms. The van der Waals surface area contributed by atoms with Crippen LogP contribution in [0.25, 0.3) is 0 Å². The molecule has 1 aliphatic heterocycles. The summed E-state index contributed by atoms with van der Waals surface area (Å²) in [5.41, 5.74) is 2.43. The number of anilines is 2. The van der Waals surface area contributed by atoms with Crippen molar-refractivity contribution in [2.24, 2.45) is 7.05 Å². The zero-order valence-electron chi connectivity index (χ0n) is 20.2. The molecule has 0 bridgehead atoms. The maximum Gasteiger partial charge on any atom is 0.274 e. The van der Waals surface area contributed by atoms with Crippen LogP contribution < -0.4 is 20.3 Å². The Morgan fingerprint density at radius 2 is 1.89 bits per heavy atom. The summed E-state index contributed by atoms with van der Waals surface area (Å²) in [4.78, 5) is 39.9. The summed E-state index contributed by atoms with van der Waals surface area (Å²) in [5.74, 6) is -0.283. The van der Waals surface area contributed by atoms with Gasteiger partial charge in [-0.2, -0.15) is 5.10 Å². The maximum atomic E-state index is 13.2. The van der Waals surface area contributed by atoms with Crippen LogP contribution in [0.4, 0.5) is 11.4 Å². The summed E-state index contributed by atoms with van der Waals surface area (Å²) in [5, 5.41) is 13.3. The molecule has 2 N–H and O–H groups in total. The topological polar surface area (TPSA) is 132 Å². The van der Waals surface area contributed by atoms with Crippen molar-refractivity contribution in [1.82, 2.24) is 20.3 Å². The van der Waals surface area contributed by atoms with Gasteiger partial charge in [0.05, 0.1) is 17.4 Å². The minimum Gasteiger partial charge on any atom is -0.489 e. The molecule has 0 saturated carbocycles. The number of aryl methyl sites for hydroxylation is 1. The second-order valence-corrected chi connectivity index (χ2v) is 8.61. The number of amides is 3. The number of hydrogen-bond acceptors (Lipinski definition) is 7. The smallest absolute Gasteiger partial charge is 0.274 e. The van der Waals surface area contributed by atoms with Gasteiger partial charge < -0.3 is 24.8 Å². The van der Waals surface area contributed by atoms with Gasteiger partial charge in [-0.25, -0.2) is 0 Å². The van der Waals surface area contributed by atoms with Crippen LogP contribution in [-0.4, -0.2) is 52.4 Å². The van der Waals surface area contributed by atoms with E-state index in [1.54, 1.807) is 44.6 Å². The highest BCUT2D eigenvalue weighted by Gasteiger charge is 2.31. The molecule has 5 rings (SSSR count). The fourth-order valence-corrected chi connectivity index (χ4v) is 3.95. The largest absolute Gasteiger partial charge is 0.489 e. The number of ether oxygens (including phenoxy) is 1. The first-order valence-electron chi connectivity index (χ1n) is 11.5. The molecule has 11 nitrogen and oxygen atoms in total. The number of carbonyl (C=O) groups is 3. The highest BCUT2D eigenvalue weighted by molar-refractivity contribution is 6.06. The Morgan fingerprint density at radius 3 is 2.65 bits per heavy atom. The molecule has 0 radical (unpaired) electrons. The molecule has 3 heterocycles. The SMILES string of the molecule is CN1C(=O)C(NC(=O)c2cc(Cc3ccccc3)on2)COc2ccc(NC(=O)c3cnn(C)c3)cc21. The van der Waals surface area contributed by atoms with Crippen LogP contribution in [0.5, 0.6) is 5.75 Å². The minimum atomic E-state index is -0.951. The van der Waals surface area contributed by atoms with E-state index in [1.165, 1.54) is 15.8 Å². The van der Waals surface area contributed by atoms with Crippen LogP contribution in [0.3, 0.4) is 0 Å². The molecular weight excluding hydrogens is 476 g/mol. The number of aromatic nitrogens is 3. The number of benzene rings is 2. The number of likely N-dealkylation sites (N-methyl/N-ethyl adjacent to an activating group) is 1. The van der Waals surface area contributed by atoms with E-state index >= 15 is 0 Å². The normalized spacial score (nSPS) is 14.9. The summed E-state index contributed by atoms with van der Waals surface area (Å²) in [7, 11) is 3.30. The second kappa shape index (κ2) is 9.97. The number of nitrogens with zero attached hydrogens (tertiary/aromatic N) is 4. The molecular formula is C26H24N6O5. The van der Waals surface area contributed by atoms with Crippen molar-refractivity contribution >= 4 is 29.1 Å². The standard InChI is InChI=1S/C26H24N6O5/c1-31-14-17(13-27-31)24(33)28-18-8-9-23-22(11-18)32(2)26(35)21(15-36-23)29-25(34)20-12-19(37-30-20)10-16-6-4-3-5-7-16/h3-9,11-14,21H,10,15H2,1-2H3,(H,28,33)(H,29,34). The zero-order valence-corrected chi connectivity index (χ0v) is 20.2. The maximum absolute atomic E-state index is 13.2. The molecule has 11 heteroatoms. The molecule has 3 amide bonds. The van der Waals surface area contributed by atoms with E-state index in [0.29, 0.717) is 34.9 Å². The first kappa shape index (κ1) is 23.8. The van der Waals surface area contributed by atoms with Crippen LogP contribution in [-0.2, 0) is 18.3 Å². The van der Waals surface area contributed by atoms with Crippen molar-refractivity contribution in [3.63, 3.8) is 0 Å². The van der Waals surface area contributed by atoms with E-state index in [2.05, 4.69) is 20.9 Å². The number of nitrogens with one attached hydrogen (secondary N) is 2. The quantitative estimate of drug-likeness (QED) is 0.416. The third kappa shape index (κ3) is 5.20. The summed E-state index contributed by atoms with van der Waals surface area (Å²) >= 11 is 0. The lowest BCUT2D eigenvalue weighted by atomic mass is 10.1. The predicted molar refractivity (Wildman–Crippen MR) is 134 cm³/mol. The van der Waals surface area contributed by atoms with Gasteiger partial charge >= 0.3 is 0 Å². The fraction of sp³-hybridized carbons (Fsp3) is 0.192. The Balaban J connectivity index is 1.26. The molecule has 188 valence electrons. The fourth-order valence-electron chi connectivity index (χ4n) is 3.95. The second-order valence-electron chi connectivity index (χ2n) is 8.61. The van der Waals surface area contributed by atoms with Gasteiger partial charge in [0.25, 0.3) is 17.7 Å². The summed E-state index contributed by atoms with van der Waals surface area (Å²) in [6.45, 7) is -0.0714. The number of rotatable bonds is 6. The minimum absolute atomic E-state index is 0.0714. The Kier molecular flexibility index (Phi) is 6.42. The van der Waals surface area contributed by atoms with Crippen molar-refractivity contribution in [2.75, 3.05) is 23.9 Å². The lowest BCUT2D eigenvalue weighted by Crippen LogP contribution is -2.49. The van der Waals surface area contributed by atoms with Crippen LogP contribution in [0.15, 0.2) is 71.5 Å².